The molecule has 0 aliphatic rings. The molecule has 0 bridgehead atoms. The van der Waals surface area contributed by atoms with Gasteiger partial charge in [0.25, 0.3) is 5.91 Å². The minimum Gasteiger partial charge on any atom is -0.459 e. The molecule has 4 aromatic rings. The second-order valence-corrected chi connectivity index (χ2v) is 9.03. The number of benzene rings is 1. The maximum atomic E-state index is 12.7. The van der Waals surface area contributed by atoms with Crippen LogP contribution < -0.4 is 10.6 Å². The molecule has 1 atom stereocenters. The molecule has 1 aromatic carbocycles. The van der Waals surface area contributed by atoms with E-state index in [1.165, 1.54) is 16.7 Å². The number of carbonyl (C=O) groups is 1. The second-order valence-electron chi connectivity index (χ2n) is 7.90. The van der Waals surface area contributed by atoms with Crippen molar-refractivity contribution in [2.45, 2.75) is 39.2 Å². The summed E-state index contributed by atoms with van der Waals surface area (Å²) in [6.07, 6.45) is 4.16. The summed E-state index contributed by atoms with van der Waals surface area (Å²) in [5.74, 6) is 1.27. The summed E-state index contributed by atoms with van der Waals surface area (Å²) in [4.78, 5) is 18.4. The molecular weight excluding hydrogens is 418 g/mol. The van der Waals surface area contributed by atoms with Crippen LogP contribution in [0.1, 0.15) is 64.9 Å². The van der Waals surface area contributed by atoms with Crippen molar-refractivity contribution in [1.29, 1.82) is 0 Å². The summed E-state index contributed by atoms with van der Waals surface area (Å²) >= 11 is 1.59. The first-order valence-corrected chi connectivity index (χ1v) is 11.6. The van der Waals surface area contributed by atoms with E-state index >= 15 is 0 Å². The van der Waals surface area contributed by atoms with Gasteiger partial charge in [0.15, 0.2) is 5.76 Å². The Kier molecular flexibility index (Phi) is 6.71. The Morgan fingerprint density at radius 1 is 1.06 bits per heavy atom. The SMILES string of the molecule is CCc1cc([C@@H](Nc2ccccn2)c2ccc(C(C)C)cc2)c(NC(=O)c2ccco2)s1. The first kappa shape index (κ1) is 21.8. The number of amides is 1. The molecule has 5 nitrogen and oxygen atoms in total. The Balaban J connectivity index is 1.74. The quantitative estimate of drug-likeness (QED) is 0.310. The highest BCUT2D eigenvalue weighted by Gasteiger charge is 2.23. The number of hydrogen-bond donors (Lipinski definition) is 2. The van der Waals surface area contributed by atoms with Crippen molar-refractivity contribution in [1.82, 2.24) is 4.98 Å². The lowest BCUT2D eigenvalue weighted by Crippen LogP contribution is -2.17. The predicted molar refractivity (Wildman–Crippen MR) is 131 cm³/mol. The number of rotatable bonds is 8. The van der Waals surface area contributed by atoms with Crippen LogP contribution in [0.4, 0.5) is 10.8 Å². The zero-order valence-electron chi connectivity index (χ0n) is 18.5. The van der Waals surface area contributed by atoms with Gasteiger partial charge in [-0.15, -0.1) is 11.3 Å². The van der Waals surface area contributed by atoms with E-state index in [9.17, 15) is 4.79 Å². The average molecular weight is 446 g/mol. The van der Waals surface area contributed by atoms with Crippen LogP contribution in [-0.4, -0.2) is 10.9 Å². The third-order valence-electron chi connectivity index (χ3n) is 5.34. The summed E-state index contributed by atoms with van der Waals surface area (Å²) in [5, 5.41) is 7.44. The van der Waals surface area contributed by atoms with Gasteiger partial charge in [0.1, 0.15) is 10.8 Å². The van der Waals surface area contributed by atoms with E-state index in [0.717, 1.165) is 28.4 Å². The van der Waals surface area contributed by atoms with Gasteiger partial charge in [-0.2, -0.15) is 0 Å². The number of carbonyl (C=O) groups excluding carboxylic acids is 1. The third-order valence-corrected chi connectivity index (χ3v) is 6.55. The highest BCUT2D eigenvalue weighted by Crippen LogP contribution is 2.38. The fourth-order valence-electron chi connectivity index (χ4n) is 3.53. The van der Waals surface area contributed by atoms with Crippen LogP contribution in [0.3, 0.4) is 0 Å². The van der Waals surface area contributed by atoms with Gasteiger partial charge in [0, 0.05) is 16.6 Å². The summed E-state index contributed by atoms with van der Waals surface area (Å²) in [6, 6.07) is 19.8. The largest absolute Gasteiger partial charge is 0.459 e. The minimum absolute atomic E-state index is 0.172. The van der Waals surface area contributed by atoms with Crippen LogP contribution in [0.15, 0.2) is 77.5 Å². The first-order valence-electron chi connectivity index (χ1n) is 10.8. The number of furan rings is 1. The molecule has 0 spiro atoms. The highest BCUT2D eigenvalue weighted by molar-refractivity contribution is 7.16. The monoisotopic (exact) mass is 445 g/mol. The van der Waals surface area contributed by atoms with Gasteiger partial charge >= 0.3 is 0 Å². The molecule has 3 heterocycles. The first-order chi connectivity index (χ1) is 15.5. The van der Waals surface area contributed by atoms with Crippen molar-refractivity contribution >= 4 is 28.1 Å². The van der Waals surface area contributed by atoms with Crippen LogP contribution in [-0.2, 0) is 6.42 Å². The normalized spacial score (nSPS) is 12.0. The smallest absolute Gasteiger partial charge is 0.291 e. The lowest BCUT2D eigenvalue weighted by atomic mass is 9.95. The summed E-state index contributed by atoms with van der Waals surface area (Å²) in [5.41, 5.74) is 3.40. The molecule has 4 rings (SSSR count). The standard InChI is InChI=1S/C26H27N3O2S/c1-4-20-16-21(26(32-20)29-25(30)22-8-7-15-31-22)24(28-23-9-5-6-14-27-23)19-12-10-18(11-13-19)17(2)3/h5-17,24H,4H2,1-3H3,(H,27,28)(H,29,30)/t24-/m0/s1. The van der Waals surface area contributed by atoms with Crippen molar-refractivity contribution in [2.75, 3.05) is 10.6 Å². The van der Waals surface area contributed by atoms with Crippen LogP contribution in [0.25, 0.3) is 0 Å². The van der Waals surface area contributed by atoms with Gasteiger partial charge < -0.3 is 15.1 Å². The Hall–Kier alpha value is -3.38. The van der Waals surface area contributed by atoms with Crippen molar-refractivity contribution in [3.63, 3.8) is 0 Å². The van der Waals surface area contributed by atoms with Crippen molar-refractivity contribution < 1.29 is 9.21 Å². The maximum Gasteiger partial charge on any atom is 0.291 e. The number of pyridine rings is 1. The molecule has 0 fully saturated rings. The molecule has 0 saturated carbocycles. The molecule has 0 saturated heterocycles. The third kappa shape index (κ3) is 4.92. The zero-order valence-corrected chi connectivity index (χ0v) is 19.3. The number of hydrogen-bond acceptors (Lipinski definition) is 5. The Morgan fingerprint density at radius 3 is 2.47 bits per heavy atom. The molecule has 3 aromatic heterocycles. The molecule has 2 N–H and O–H groups in total. The van der Waals surface area contributed by atoms with Crippen LogP contribution in [0.5, 0.6) is 0 Å². The molecular formula is C26H27N3O2S. The predicted octanol–water partition coefficient (Wildman–Crippen LogP) is 6.88. The summed E-state index contributed by atoms with van der Waals surface area (Å²) in [7, 11) is 0. The summed E-state index contributed by atoms with van der Waals surface area (Å²) in [6.45, 7) is 6.49. The number of nitrogens with one attached hydrogen (secondary N) is 2. The van der Waals surface area contributed by atoms with Gasteiger partial charge in [0.05, 0.1) is 12.3 Å². The number of aryl methyl sites for hydroxylation is 1. The van der Waals surface area contributed by atoms with Crippen molar-refractivity contribution in [2.24, 2.45) is 0 Å². The molecule has 6 heteroatoms. The van der Waals surface area contributed by atoms with Gasteiger partial charge in [0.2, 0.25) is 0 Å². The highest BCUT2D eigenvalue weighted by atomic mass is 32.1. The van der Waals surface area contributed by atoms with E-state index in [-0.39, 0.29) is 17.7 Å². The summed E-state index contributed by atoms with van der Waals surface area (Å²) < 4.78 is 5.28. The zero-order chi connectivity index (χ0) is 22.5. The molecule has 0 radical (unpaired) electrons. The van der Waals surface area contributed by atoms with E-state index in [4.69, 9.17) is 4.42 Å². The number of nitrogens with zero attached hydrogens (tertiary/aromatic N) is 1. The topological polar surface area (TPSA) is 67.2 Å². The van der Waals surface area contributed by atoms with E-state index in [1.807, 2.05) is 18.2 Å². The van der Waals surface area contributed by atoms with Crippen molar-refractivity contribution in [3.8, 4) is 0 Å². The van der Waals surface area contributed by atoms with Crippen molar-refractivity contribution in [3.05, 3.63) is 100 Å². The molecule has 164 valence electrons. The number of anilines is 2. The maximum absolute atomic E-state index is 12.7. The average Bonchev–Trinajstić information content (AvgIpc) is 3.49. The Bertz CT molecular complexity index is 1150. The van der Waals surface area contributed by atoms with Crippen LogP contribution >= 0.6 is 11.3 Å². The molecule has 0 aliphatic heterocycles. The van der Waals surface area contributed by atoms with E-state index in [0.29, 0.717) is 5.92 Å². The fourth-order valence-corrected chi connectivity index (χ4v) is 4.56. The molecule has 1 amide bonds. The van der Waals surface area contributed by atoms with E-state index in [2.05, 4.69) is 66.7 Å². The van der Waals surface area contributed by atoms with E-state index < -0.39 is 0 Å². The molecule has 0 unspecified atom stereocenters. The fraction of sp³-hybridized carbons (Fsp3) is 0.231. The van der Waals surface area contributed by atoms with Gasteiger partial charge in [-0.1, -0.05) is 51.1 Å². The Labute approximate surface area is 192 Å². The van der Waals surface area contributed by atoms with Gasteiger partial charge in [-0.05, 0) is 53.8 Å². The lowest BCUT2D eigenvalue weighted by molar-refractivity contribution is 0.0997. The minimum atomic E-state index is -0.257. The van der Waals surface area contributed by atoms with Crippen LogP contribution in [0, 0.1) is 0 Å². The molecule has 32 heavy (non-hydrogen) atoms. The van der Waals surface area contributed by atoms with Crippen LogP contribution in [0.2, 0.25) is 0 Å². The van der Waals surface area contributed by atoms with Gasteiger partial charge in [-0.25, -0.2) is 4.98 Å². The van der Waals surface area contributed by atoms with Gasteiger partial charge in [-0.3, -0.25) is 4.79 Å². The Morgan fingerprint density at radius 2 is 1.84 bits per heavy atom. The lowest BCUT2D eigenvalue weighted by Gasteiger charge is -2.21. The number of aromatic nitrogens is 1. The van der Waals surface area contributed by atoms with E-state index in [1.54, 1.807) is 29.7 Å². The second kappa shape index (κ2) is 9.83. The number of thiophene rings is 1. The molecule has 0 aliphatic carbocycles.